The van der Waals surface area contributed by atoms with Crippen LogP contribution in [0.4, 0.5) is 0 Å². The Bertz CT molecular complexity index is 927. The van der Waals surface area contributed by atoms with Gasteiger partial charge < -0.3 is 9.42 Å². The van der Waals surface area contributed by atoms with E-state index < -0.39 is 0 Å². The van der Waals surface area contributed by atoms with Crippen molar-refractivity contribution in [3.05, 3.63) is 59.5 Å². The van der Waals surface area contributed by atoms with Crippen molar-refractivity contribution in [2.45, 2.75) is 32.6 Å². The zero-order valence-corrected chi connectivity index (χ0v) is 15.4. The molecule has 0 aromatic carbocycles. The first-order chi connectivity index (χ1) is 13.1. The molecule has 3 aromatic heterocycles. The maximum Gasteiger partial charge on any atom is 0.255 e. The summed E-state index contributed by atoms with van der Waals surface area (Å²) >= 11 is 0. The maximum absolute atomic E-state index is 12.6. The van der Waals surface area contributed by atoms with E-state index in [1.807, 2.05) is 31.0 Å². The molecule has 4 rings (SSSR count). The molecule has 3 aromatic rings. The summed E-state index contributed by atoms with van der Waals surface area (Å²) in [7, 11) is 0. The van der Waals surface area contributed by atoms with E-state index in [1.165, 1.54) is 6.20 Å². The quantitative estimate of drug-likeness (QED) is 0.710. The predicted molar refractivity (Wildman–Crippen MR) is 99.1 cm³/mol. The molecule has 0 N–H and O–H groups in total. The number of hydrogen-bond donors (Lipinski definition) is 0. The molecule has 0 aliphatic carbocycles. The third-order valence-electron chi connectivity index (χ3n) is 5.13. The second kappa shape index (κ2) is 7.26. The van der Waals surface area contributed by atoms with Gasteiger partial charge in [0.25, 0.3) is 5.91 Å². The van der Waals surface area contributed by atoms with Gasteiger partial charge in [0.15, 0.2) is 0 Å². The molecule has 0 spiro atoms. The minimum absolute atomic E-state index is 0.0146. The third-order valence-corrected chi connectivity index (χ3v) is 5.13. The van der Waals surface area contributed by atoms with Crippen LogP contribution in [0, 0.1) is 13.8 Å². The van der Waals surface area contributed by atoms with Crippen molar-refractivity contribution in [1.29, 1.82) is 0 Å². The summed E-state index contributed by atoms with van der Waals surface area (Å²) in [5.41, 5.74) is 4.65. The van der Waals surface area contributed by atoms with Gasteiger partial charge in [-0.15, -0.1) is 0 Å². The molecule has 0 radical (unpaired) electrons. The summed E-state index contributed by atoms with van der Waals surface area (Å²) in [6, 6.07) is 5.82. The van der Waals surface area contributed by atoms with Crippen LogP contribution in [0.2, 0.25) is 0 Å². The molecule has 1 amide bonds. The van der Waals surface area contributed by atoms with E-state index in [-0.39, 0.29) is 5.91 Å². The van der Waals surface area contributed by atoms with E-state index in [0.717, 1.165) is 41.1 Å². The SMILES string of the molecule is Cc1noc(C)c1-c1ccnc(C2CCN(C(=O)c3ccnnc3)CC2)c1. The molecular weight excluding hydrogens is 342 g/mol. The van der Waals surface area contributed by atoms with Crippen LogP contribution in [-0.4, -0.2) is 44.2 Å². The molecule has 4 heterocycles. The van der Waals surface area contributed by atoms with Gasteiger partial charge in [-0.05, 0) is 50.5 Å². The number of carbonyl (C=O) groups excluding carboxylic acids is 1. The van der Waals surface area contributed by atoms with Crippen molar-refractivity contribution in [2.75, 3.05) is 13.1 Å². The monoisotopic (exact) mass is 363 g/mol. The fourth-order valence-electron chi connectivity index (χ4n) is 3.70. The Kier molecular flexibility index (Phi) is 4.66. The van der Waals surface area contributed by atoms with Gasteiger partial charge in [0.1, 0.15) is 5.76 Å². The number of aromatic nitrogens is 4. The van der Waals surface area contributed by atoms with Crippen molar-refractivity contribution in [2.24, 2.45) is 0 Å². The van der Waals surface area contributed by atoms with E-state index in [2.05, 4.69) is 26.4 Å². The Morgan fingerprint density at radius 1 is 1.15 bits per heavy atom. The maximum atomic E-state index is 12.6. The second-order valence-corrected chi connectivity index (χ2v) is 6.87. The molecule has 1 saturated heterocycles. The lowest BCUT2D eigenvalue weighted by atomic mass is 9.91. The van der Waals surface area contributed by atoms with Gasteiger partial charge in [0.05, 0.1) is 23.7 Å². The molecule has 0 atom stereocenters. The molecule has 1 fully saturated rings. The van der Waals surface area contributed by atoms with Gasteiger partial charge >= 0.3 is 0 Å². The molecule has 138 valence electrons. The molecule has 7 heteroatoms. The van der Waals surface area contributed by atoms with Gasteiger partial charge in [-0.2, -0.15) is 10.2 Å². The van der Waals surface area contributed by atoms with Crippen LogP contribution < -0.4 is 0 Å². The van der Waals surface area contributed by atoms with Gasteiger partial charge in [0, 0.05) is 36.5 Å². The van der Waals surface area contributed by atoms with Crippen LogP contribution in [0.15, 0.2) is 41.3 Å². The van der Waals surface area contributed by atoms with Crippen molar-refractivity contribution in [3.63, 3.8) is 0 Å². The molecule has 27 heavy (non-hydrogen) atoms. The Labute approximate surface area is 157 Å². The summed E-state index contributed by atoms with van der Waals surface area (Å²) in [5.74, 6) is 1.17. The van der Waals surface area contributed by atoms with Crippen LogP contribution >= 0.6 is 0 Å². The fraction of sp³-hybridized carbons (Fsp3) is 0.350. The van der Waals surface area contributed by atoms with E-state index in [0.29, 0.717) is 24.6 Å². The number of pyridine rings is 1. The zero-order chi connectivity index (χ0) is 18.8. The smallest absolute Gasteiger partial charge is 0.255 e. The number of aryl methyl sites for hydroxylation is 2. The standard InChI is InChI=1S/C20H21N5O2/c1-13-19(14(2)27-24-13)16-3-7-21-18(11-16)15-5-9-25(10-6-15)20(26)17-4-8-22-23-12-17/h3-4,7-8,11-12,15H,5-6,9-10H2,1-2H3. The Hall–Kier alpha value is -3.09. The summed E-state index contributed by atoms with van der Waals surface area (Å²) in [6.07, 6.45) is 6.69. The average Bonchev–Trinajstić information content (AvgIpc) is 3.06. The van der Waals surface area contributed by atoms with E-state index in [9.17, 15) is 4.79 Å². The largest absolute Gasteiger partial charge is 0.361 e. The second-order valence-electron chi connectivity index (χ2n) is 6.87. The van der Waals surface area contributed by atoms with Crippen LogP contribution in [0.5, 0.6) is 0 Å². The van der Waals surface area contributed by atoms with Crippen molar-refractivity contribution >= 4 is 5.91 Å². The lowest BCUT2D eigenvalue weighted by Gasteiger charge is -2.31. The van der Waals surface area contributed by atoms with E-state index in [1.54, 1.807) is 12.3 Å². The Balaban J connectivity index is 1.47. The number of hydrogen-bond acceptors (Lipinski definition) is 6. The molecule has 1 aliphatic rings. The number of likely N-dealkylation sites (tertiary alicyclic amines) is 1. The normalized spacial score (nSPS) is 15.1. The van der Waals surface area contributed by atoms with Crippen molar-refractivity contribution < 1.29 is 9.32 Å². The lowest BCUT2D eigenvalue weighted by molar-refractivity contribution is 0.0711. The van der Waals surface area contributed by atoms with Crippen LogP contribution in [0.1, 0.15) is 46.3 Å². The van der Waals surface area contributed by atoms with Gasteiger partial charge in [-0.1, -0.05) is 5.16 Å². The third kappa shape index (κ3) is 3.45. The van der Waals surface area contributed by atoms with Crippen molar-refractivity contribution in [1.82, 2.24) is 25.2 Å². The number of rotatable bonds is 3. The number of piperidine rings is 1. The lowest BCUT2D eigenvalue weighted by Crippen LogP contribution is -2.38. The highest BCUT2D eigenvalue weighted by molar-refractivity contribution is 5.93. The number of nitrogens with zero attached hydrogens (tertiary/aromatic N) is 5. The first-order valence-corrected chi connectivity index (χ1v) is 9.08. The first kappa shape index (κ1) is 17.3. The Morgan fingerprint density at radius 2 is 1.96 bits per heavy atom. The molecule has 7 nitrogen and oxygen atoms in total. The van der Waals surface area contributed by atoms with E-state index >= 15 is 0 Å². The highest BCUT2D eigenvalue weighted by Crippen LogP contribution is 2.32. The fourth-order valence-corrected chi connectivity index (χ4v) is 3.70. The molecule has 0 unspecified atom stereocenters. The van der Waals surface area contributed by atoms with Gasteiger partial charge in [0.2, 0.25) is 0 Å². The van der Waals surface area contributed by atoms with Crippen LogP contribution in [0.3, 0.4) is 0 Å². The van der Waals surface area contributed by atoms with Gasteiger partial charge in [-0.25, -0.2) is 0 Å². The molecular formula is C20H21N5O2. The van der Waals surface area contributed by atoms with E-state index in [4.69, 9.17) is 4.52 Å². The minimum atomic E-state index is 0.0146. The topological polar surface area (TPSA) is 85.0 Å². The molecule has 1 aliphatic heterocycles. The molecule has 0 bridgehead atoms. The average molecular weight is 363 g/mol. The Morgan fingerprint density at radius 3 is 2.63 bits per heavy atom. The van der Waals surface area contributed by atoms with Crippen LogP contribution in [-0.2, 0) is 0 Å². The first-order valence-electron chi connectivity index (χ1n) is 9.08. The summed E-state index contributed by atoms with van der Waals surface area (Å²) in [5, 5.41) is 11.6. The van der Waals surface area contributed by atoms with Crippen LogP contribution in [0.25, 0.3) is 11.1 Å². The zero-order valence-electron chi connectivity index (χ0n) is 15.4. The van der Waals surface area contributed by atoms with Crippen molar-refractivity contribution in [3.8, 4) is 11.1 Å². The number of amides is 1. The molecule has 0 saturated carbocycles. The summed E-state index contributed by atoms with van der Waals surface area (Å²) in [6.45, 7) is 5.30. The highest BCUT2D eigenvalue weighted by atomic mass is 16.5. The van der Waals surface area contributed by atoms with Gasteiger partial charge in [-0.3, -0.25) is 9.78 Å². The predicted octanol–water partition coefficient (Wildman–Crippen LogP) is 3.16. The minimum Gasteiger partial charge on any atom is -0.361 e. The summed E-state index contributed by atoms with van der Waals surface area (Å²) < 4.78 is 5.29. The highest BCUT2D eigenvalue weighted by Gasteiger charge is 2.26. The summed E-state index contributed by atoms with van der Waals surface area (Å²) in [4.78, 5) is 19.0. The number of carbonyl (C=O) groups is 1.